The zero-order chi connectivity index (χ0) is 17.3. The molecular weight excluding hydrogens is 341 g/mol. The number of benzene rings is 2. The van der Waals surface area contributed by atoms with E-state index in [2.05, 4.69) is 9.71 Å². The van der Waals surface area contributed by atoms with Crippen LogP contribution in [0.2, 0.25) is 0 Å². The summed E-state index contributed by atoms with van der Waals surface area (Å²) in [7, 11) is -3.97. The average Bonchev–Trinajstić information content (AvgIpc) is 2.57. The third-order valence-corrected chi connectivity index (χ3v) is 4.83. The number of nitrogens with one attached hydrogen (secondary N) is 1. The van der Waals surface area contributed by atoms with E-state index in [0.29, 0.717) is 5.39 Å². The molecule has 0 aliphatic rings. The van der Waals surface area contributed by atoms with Gasteiger partial charge in [-0.15, -0.1) is 0 Å². The van der Waals surface area contributed by atoms with Gasteiger partial charge in [0, 0.05) is 18.1 Å². The lowest BCUT2D eigenvalue weighted by molar-refractivity contribution is 0.445. The van der Waals surface area contributed by atoms with Gasteiger partial charge in [-0.05, 0) is 29.8 Å². The van der Waals surface area contributed by atoms with Gasteiger partial charge in [0.25, 0.3) is 0 Å². The first-order valence-corrected chi connectivity index (χ1v) is 8.33. The van der Waals surface area contributed by atoms with Gasteiger partial charge in [0.2, 0.25) is 10.0 Å². The van der Waals surface area contributed by atoms with Gasteiger partial charge in [-0.1, -0.05) is 18.2 Å². The van der Waals surface area contributed by atoms with Crippen LogP contribution in [0.25, 0.3) is 10.9 Å². The molecule has 0 unspecified atom stereocenters. The van der Waals surface area contributed by atoms with Gasteiger partial charge in [0.05, 0.1) is 5.52 Å². The van der Waals surface area contributed by atoms with E-state index in [4.69, 9.17) is 0 Å². The lowest BCUT2D eigenvalue weighted by Crippen LogP contribution is -2.24. The van der Waals surface area contributed by atoms with Crippen LogP contribution in [0.5, 0.6) is 0 Å². The van der Waals surface area contributed by atoms with Crippen LogP contribution in [0.4, 0.5) is 13.2 Å². The number of hydrogen-bond donors (Lipinski definition) is 1. The Morgan fingerprint density at radius 3 is 2.38 bits per heavy atom. The minimum atomic E-state index is -3.97. The number of hydrogen-bond acceptors (Lipinski definition) is 3. The summed E-state index contributed by atoms with van der Waals surface area (Å²) in [6, 6.07) is 9.53. The summed E-state index contributed by atoms with van der Waals surface area (Å²) in [4.78, 5) is 4.00. The molecule has 0 fully saturated rings. The number of pyridine rings is 1. The second-order valence-electron chi connectivity index (χ2n) is 5.03. The number of para-hydroxylation sites is 1. The average molecular weight is 352 g/mol. The van der Waals surface area contributed by atoms with Crippen LogP contribution in [-0.2, 0) is 16.6 Å². The molecule has 124 valence electrons. The molecule has 4 nitrogen and oxygen atoms in total. The molecule has 0 bridgehead atoms. The van der Waals surface area contributed by atoms with Gasteiger partial charge < -0.3 is 0 Å². The monoisotopic (exact) mass is 352 g/mol. The van der Waals surface area contributed by atoms with Crippen LogP contribution in [0, 0.1) is 17.5 Å². The molecule has 0 amide bonds. The summed E-state index contributed by atoms with van der Waals surface area (Å²) < 4.78 is 66.4. The molecule has 0 aliphatic carbocycles. The van der Waals surface area contributed by atoms with E-state index in [-0.39, 0.29) is 22.5 Å². The molecule has 1 heterocycles. The van der Waals surface area contributed by atoms with E-state index in [1.54, 1.807) is 24.3 Å². The van der Waals surface area contributed by atoms with Crippen molar-refractivity contribution in [2.75, 3.05) is 0 Å². The van der Waals surface area contributed by atoms with Crippen LogP contribution in [-0.4, -0.2) is 13.4 Å². The van der Waals surface area contributed by atoms with Crippen LogP contribution in [0.15, 0.2) is 53.6 Å². The Kier molecular flexibility index (Phi) is 4.25. The van der Waals surface area contributed by atoms with Crippen molar-refractivity contribution in [1.82, 2.24) is 9.71 Å². The standard InChI is InChI=1S/C16H11F3N2O2S/c17-12-7-10(8-13(18)15(12)19)9-21-24(22,23)14-5-1-3-11-4-2-6-20-16(11)14/h1-8,21H,9H2. The van der Waals surface area contributed by atoms with E-state index in [1.807, 2.05) is 0 Å². The second kappa shape index (κ2) is 6.21. The number of nitrogens with zero attached hydrogens (tertiary/aromatic N) is 1. The third kappa shape index (κ3) is 3.10. The smallest absolute Gasteiger partial charge is 0.243 e. The first kappa shape index (κ1) is 16.4. The van der Waals surface area contributed by atoms with Crippen molar-refractivity contribution >= 4 is 20.9 Å². The third-order valence-electron chi connectivity index (χ3n) is 3.40. The van der Waals surface area contributed by atoms with E-state index in [1.165, 1.54) is 12.3 Å². The van der Waals surface area contributed by atoms with Gasteiger partial charge in [0.1, 0.15) is 4.90 Å². The minimum Gasteiger partial charge on any atom is -0.255 e. The van der Waals surface area contributed by atoms with E-state index >= 15 is 0 Å². The van der Waals surface area contributed by atoms with Crippen LogP contribution < -0.4 is 4.72 Å². The zero-order valence-corrected chi connectivity index (χ0v) is 12.9. The predicted molar refractivity (Wildman–Crippen MR) is 82.1 cm³/mol. The molecule has 0 saturated heterocycles. The Labute approximate surface area is 136 Å². The van der Waals surface area contributed by atoms with Gasteiger partial charge >= 0.3 is 0 Å². The highest BCUT2D eigenvalue weighted by Gasteiger charge is 2.19. The number of halogens is 3. The Morgan fingerprint density at radius 2 is 1.67 bits per heavy atom. The van der Waals surface area contributed by atoms with Crippen molar-refractivity contribution in [3.8, 4) is 0 Å². The summed E-state index contributed by atoms with van der Waals surface area (Å²) in [6.07, 6.45) is 1.46. The van der Waals surface area contributed by atoms with Crippen molar-refractivity contribution in [2.24, 2.45) is 0 Å². The van der Waals surface area contributed by atoms with Gasteiger partial charge in [0.15, 0.2) is 17.5 Å². The van der Waals surface area contributed by atoms with Gasteiger partial charge in [-0.25, -0.2) is 26.3 Å². The lowest BCUT2D eigenvalue weighted by atomic mass is 10.2. The molecule has 0 aliphatic heterocycles. The van der Waals surface area contributed by atoms with Crippen LogP contribution >= 0.6 is 0 Å². The van der Waals surface area contributed by atoms with Crippen molar-refractivity contribution in [1.29, 1.82) is 0 Å². The molecular formula is C16H11F3N2O2S. The lowest BCUT2D eigenvalue weighted by Gasteiger charge is -2.09. The molecule has 3 rings (SSSR count). The topological polar surface area (TPSA) is 59.1 Å². The largest absolute Gasteiger partial charge is 0.255 e. The maximum Gasteiger partial charge on any atom is 0.243 e. The fourth-order valence-electron chi connectivity index (χ4n) is 2.26. The van der Waals surface area contributed by atoms with Crippen molar-refractivity contribution in [2.45, 2.75) is 11.4 Å². The summed E-state index contributed by atoms with van der Waals surface area (Å²) in [5, 5.41) is 0.638. The SMILES string of the molecule is O=S(=O)(NCc1cc(F)c(F)c(F)c1)c1cccc2cccnc12. The number of fused-ring (bicyclic) bond motifs is 1. The molecule has 2 aromatic carbocycles. The zero-order valence-electron chi connectivity index (χ0n) is 12.1. The quantitative estimate of drug-likeness (QED) is 0.734. The first-order valence-electron chi connectivity index (χ1n) is 6.85. The maximum absolute atomic E-state index is 13.2. The first-order chi connectivity index (χ1) is 11.4. The van der Waals surface area contributed by atoms with Crippen molar-refractivity contribution in [3.63, 3.8) is 0 Å². The van der Waals surface area contributed by atoms with Crippen LogP contribution in [0.3, 0.4) is 0 Å². The van der Waals surface area contributed by atoms with Gasteiger partial charge in [-0.3, -0.25) is 4.98 Å². The molecule has 8 heteroatoms. The Hall–Kier alpha value is -2.45. The molecule has 1 aromatic heterocycles. The molecule has 0 spiro atoms. The fourth-order valence-corrected chi connectivity index (χ4v) is 3.45. The normalized spacial score (nSPS) is 11.8. The van der Waals surface area contributed by atoms with E-state index < -0.39 is 27.5 Å². The predicted octanol–water partition coefficient (Wildman–Crippen LogP) is 3.13. The molecule has 0 saturated carbocycles. The fraction of sp³-hybridized carbons (Fsp3) is 0.0625. The Balaban J connectivity index is 1.91. The second-order valence-corrected chi connectivity index (χ2v) is 6.76. The summed E-state index contributed by atoms with van der Waals surface area (Å²) >= 11 is 0. The molecule has 24 heavy (non-hydrogen) atoms. The summed E-state index contributed by atoms with van der Waals surface area (Å²) in [6.45, 7) is -0.389. The van der Waals surface area contributed by atoms with Gasteiger partial charge in [-0.2, -0.15) is 0 Å². The number of aromatic nitrogens is 1. The summed E-state index contributed by atoms with van der Waals surface area (Å²) in [5.41, 5.74) is 0.243. The minimum absolute atomic E-state index is 0.0387. The maximum atomic E-state index is 13.2. The Bertz CT molecular complexity index is 995. The van der Waals surface area contributed by atoms with Crippen LogP contribution in [0.1, 0.15) is 5.56 Å². The van der Waals surface area contributed by atoms with E-state index in [9.17, 15) is 21.6 Å². The molecule has 3 aromatic rings. The highest BCUT2D eigenvalue weighted by Crippen LogP contribution is 2.21. The van der Waals surface area contributed by atoms with Crippen molar-refractivity contribution in [3.05, 3.63) is 71.7 Å². The molecule has 0 radical (unpaired) electrons. The van der Waals surface area contributed by atoms with Crippen molar-refractivity contribution < 1.29 is 21.6 Å². The molecule has 0 atom stereocenters. The number of sulfonamides is 1. The van der Waals surface area contributed by atoms with E-state index in [0.717, 1.165) is 12.1 Å². The molecule has 1 N–H and O–H groups in total. The summed E-state index contributed by atoms with van der Waals surface area (Å²) in [5.74, 6) is -4.35. The Morgan fingerprint density at radius 1 is 1.00 bits per heavy atom. The highest BCUT2D eigenvalue weighted by atomic mass is 32.2. The number of rotatable bonds is 4. The highest BCUT2D eigenvalue weighted by molar-refractivity contribution is 7.89.